The van der Waals surface area contributed by atoms with Gasteiger partial charge in [0, 0.05) is 0 Å². The molecule has 1 unspecified atom stereocenters. The van der Waals surface area contributed by atoms with Gasteiger partial charge in [0.2, 0.25) is 0 Å². The molecule has 0 aromatic heterocycles. The predicted molar refractivity (Wildman–Crippen MR) is 70.0 cm³/mol. The summed E-state index contributed by atoms with van der Waals surface area (Å²) in [5.74, 6) is 1.53. The maximum Gasteiger partial charge on any atom is -0.00921 e. The van der Waals surface area contributed by atoms with E-state index in [4.69, 9.17) is 0 Å². The molecule has 0 bridgehead atoms. The van der Waals surface area contributed by atoms with Gasteiger partial charge in [-0.25, -0.2) is 0 Å². The summed E-state index contributed by atoms with van der Waals surface area (Å²) >= 11 is 4.31. The molecule has 0 spiro atoms. The van der Waals surface area contributed by atoms with Crippen LogP contribution < -0.4 is 0 Å². The minimum absolute atomic E-state index is 0.336. The topological polar surface area (TPSA) is 0 Å². The summed E-state index contributed by atoms with van der Waals surface area (Å²) in [6, 6.07) is 0. The highest BCUT2D eigenvalue weighted by atomic mass is 32.1. The molecule has 0 N–H and O–H groups in total. The molecular weight excluding hydrogens is 188 g/mol. The van der Waals surface area contributed by atoms with Crippen molar-refractivity contribution >= 4 is 12.6 Å². The monoisotopic (exact) mass is 214 g/mol. The van der Waals surface area contributed by atoms with Crippen molar-refractivity contribution in [3.63, 3.8) is 0 Å². The van der Waals surface area contributed by atoms with Gasteiger partial charge < -0.3 is 0 Å². The molecule has 0 aliphatic rings. The summed E-state index contributed by atoms with van der Waals surface area (Å²) in [6.45, 7) is 15.5. The minimum Gasteiger partial charge on any atom is -0.179 e. The molecule has 0 aromatic rings. The SMILES string of the molecule is C=CC(CCS)C(C)(C)CC(C)(C)C. The van der Waals surface area contributed by atoms with Crippen LogP contribution >= 0.6 is 12.6 Å². The fourth-order valence-electron chi connectivity index (χ4n) is 2.46. The Morgan fingerprint density at radius 1 is 1.21 bits per heavy atom. The van der Waals surface area contributed by atoms with Crippen molar-refractivity contribution in [3.05, 3.63) is 12.7 Å². The van der Waals surface area contributed by atoms with Crippen LogP contribution in [0.3, 0.4) is 0 Å². The summed E-state index contributed by atoms with van der Waals surface area (Å²) in [5, 5.41) is 0. The lowest BCUT2D eigenvalue weighted by Gasteiger charge is -2.37. The third-order valence-electron chi connectivity index (χ3n) is 2.71. The van der Waals surface area contributed by atoms with E-state index in [0.717, 1.165) is 12.2 Å². The average molecular weight is 214 g/mol. The van der Waals surface area contributed by atoms with Crippen LogP contribution in [0.15, 0.2) is 12.7 Å². The van der Waals surface area contributed by atoms with Crippen molar-refractivity contribution < 1.29 is 0 Å². The maximum absolute atomic E-state index is 4.31. The summed E-state index contributed by atoms with van der Waals surface area (Å²) in [4.78, 5) is 0. The normalized spacial score (nSPS) is 15.3. The second kappa shape index (κ2) is 5.25. The van der Waals surface area contributed by atoms with Crippen molar-refractivity contribution in [2.45, 2.75) is 47.5 Å². The van der Waals surface area contributed by atoms with E-state index >= 15 is 0 Å². The second-order valence-corrected chi connectivity index (χ2v) is 6.53. The molecule has 0 heterocycles. The van der Waals surface area contributed by atoms with Crippen LogP contribution in [0.1, 0.15) is 47.5 Å². The molecule has 84 valence electrons. The zero-order valence-electron chi connectivity index (χ0n) is 10.4. The van der Waals surface area contributed by atoms with Crippen LogP contribution in [0.5, 0.6) is 0 Å². The molecule has 0 radical (unpaired) electrons. The quantitative estimate of drug-likeness (QED) is 0.503. The third kappa shape index (κ3) is 5.09. The molecule has 0 nitrogen and oxygen atoms in total. The standard InChI is InChI=1S/C13H26S/c1-7-11(8-9-14)13(5,6)10-12(2,3)4/h7,11,14H,1,8-10H2,2-6H3. The number of rotatable bonds is 5. The molecule has 0 amide bonds. The molecule has 1 heteroatoms. The van der Waals surface area contributed by atoms with E-state index in [-0.39, 0.29) is 0 Å². The van der Waals surface area contributed by atoms with Gasteiger partial charge in [0.1, 0.15) is 0 Å². The smallest absolute Gasteiger partial charge is 0.00921 e. The summed E-state index contributed by atoms with van der Waals surface area (Å²) in [6.07, 6.45) is 4.46. The van der Waals surface area contributed by atoms with Crippen molar-refractivity contribution in [1.29, 1.82) is 0 Å². The number of thiol groups is 1. The Balaban J connectivity index is 4.48. The largest absolute Gasteiger partial charge is 0.179 e. The van der Waals surface area contributed by atoms with Crippen molar-refractivity contribution in [2.24, 2.45) is 16.7 Å². The molecule has 0 saturated heterocycles. The Bertz CT molecular complexity index is 174. The van der Waals surface area contributed by atoms with Gasteiger partial charge in [-0.15, -0.1) is 6.58 Å². The molecule has 0 rings (SSSR count). The van der Waals surface area contributed by atoms with Crippen molar-refractivity contribution in [3.8, 4) is 0 Å². The summed E-state index contributed by atoms with van der Waals surface area (Å²) in [7, 11) is 0. The first-order chi connectivity index (χ1) is 6.23. The van der Waals surface area contributed by atoms with Gasteiger partial charge in [0.05, 0.1) is 0 Å². The molecule has 0 aromatic carbocycles. The second-order valence-electron chi connectivity index (χ2n) is 6.08. The Morgan fingerprint density at radius 3 is 2.00 bits per heavy atom. The van der Waals surface area contributed by atoms with E-state index in [1.54, 1.807) is 0 Å². The Hall–Kier alpha value is 0.0900. The minimum atomic E-state index is 0.336. The average Bonchev–Trinajstić information content (AvgIpc) is 1.94. The van der Waals surface area contributed by atoms with E-state index in [0.29, 0.717) is 16.7 Å². The van der Waals surface area contributed by atoms with Gasteiger partial charge in [0.15, 0.2) is 0 Å². The van der Waals surface area contributed by atoms with Gasteiger partial charge in [-0.05, 0) is 35.3 Å². The summed E-state index contributed by atoms with van der Waals surface area (Å²) < 4.78 is 0. The zero-order valence-corrected chi connectivity index (χ0v) is 11.3. The lowest BCUT2D eigenvalue weighted by Crippen LogP contribution is -2.28. The molecule has 0 fully saturated rings. The number of allylic oxidation sites excluding steroid dienone is 1. The Morgan fingerprint density at radius 2 is 1.71 bits per heavy atom. The number of hydrogen-bond donors (Lipinski definition) is 1. The van der Waals surface area contributed by atoms with Crippen LogP contribution in [-0.2, 0) is 0 Å². The molecule has 0 aliphatic carbocycles. The van der Waals surface area contributed by atoms with Crippen molar-refractivity contribution in [1.82, 2.24) is 0 Å². The molecule has 1 atom stereocenters. The number of hydrogen-bond acceptors (Lipinski definition) is 1. The first-order valence-electron chi connectivity index (χ1n) is 5.46. The highest BCUT2D eigenvalue weighted by molar-refractivity contribution is 7.80. The van der Waals surface area contributed by atoms with Crippen LogP contribution in [0.25, 0.3) is 0 Å². The predicted octanol–water partition coefficient (Wildman–Crippen LogP) is 4.57. The Kier molecular flexibility index (Phi) is 5.28. The lowest BCUT2D eigenvalue weighted by atomic mass is 9.68. The molecule has 0 aliphatic heterocycles. The fourth-order valence-corrected chi connectivity index (χ4v) is 2.74. The van der Waals surface area contributed by atoms with E-state index in [9.17, 15) is 0 Å². The van der Waals surface area contributed by atoms with E-state index in [1.807, 2.05) is 0 Å². The van der Waals surface area contributed by atoms with Gasteiger partial charge in [-0.2, -0.15) is 12.6 Å². The molecule has 14 heavy (non-hydrogen) atoms. The summed E-state index contributed by atoms with van der Waals surface area (Å²) in [5.41, 5.74) is 0.726. The first-order valence-corrected chi connectivity index (χ1v) is 6.09. The van der Waals surface area contributed by atoms with Crippen LogP contribution in [-0.4, -0.2) is 5.75 Å². The first kappa shape index (κ1) is 14.1. The van der Waals surface area contributed by atoms with Crippen LogP contribution in [0.2, 0.25) is 0 Å². The van der Waals surface area contributed by atoms with Gasteiger partial charge in [-0.3, -0.25) is 0 Å². The fraction of sp³-hybridized carbons (Fsp3) is 0.846. The zero-order chi connectivity index (χ0) is 11.4. The van der Waals surface area contributed by atoms with E-state index in [1.165, 1.54) is 6.42 Å². The van der Waals surface area contributed by atoms with Gasteiger partial charge >= 0.3 is 0 Å². The lowest BCUT2D eigenvalue weighted by molar-refractivity contribution is 0.155. The Labute approximate surface area is 95.6 Å². The van der Waals surface area contributed by atoms with E-state index < -0.39 is 0 Å². The maximum atomic E-state index is 4.31. The van der Waals surface area contributed by atoms with Crippen LogP contribution in [0, 0.1) is 16.7 Å². The van der Waals surface area contributed by atoms with Crippen molar-refractivity contribution in [2.75, 3.05) is 5.75 Å². The molecule has 0 saturated carbocycles. The highest BCUT2D eigenvalue weighted by Crippen LogP contribution is 2.40. The molecular formula is C13H26S. The van der Waals surface area contributed by atoms with Gasteiger partial charge in [0.25, 0.3) is 0 Å². The highest BCUT2D eigenvalue weighted by Gasteiger charge is 2.31. The van der Waals surface area contributed by atoms with Gasteiger partial charge in [-0.1, -0.05) is 40.7 Å². The van der Waals surface area contributed by atoms with Crippen LogP contribution in [0.4, 0.5) is 0 Å². The van der Waals surface area contributed by atoms with E-state index in [2.05, 4.69) is 59.9 Å². The third-order valence-corrected chi connectivity index (χ3v) is 2.97.